The fourth-order valence-electron chi connectivity index (χ4n) is 3.74. The number of carbonyl (C=O) groups excluding carboxylic acids is 1. The van der Waals surface area contributed by atoms with Crippen molar-refractivity contribution in [2.45, 2.75) is 19.9 Å². The molecule has 0 N–H and O–H groups in total. The summed E-state index contributed by atoms with van der Waals surface area (Å²) in [6.45, 7) is 4.11. The van der Waals surface area contributed by atoms with Gasteiger partial charge in [-0.15, -0.1) is 0 Å². The van der Waals surface area contributed by atoms with Gasteiger partial charge in [0.15, 0.2) is 0 Å². The van der Waals surface area contributed by atoms with E-state index in [-0.39, 0.29) is 17.5 Å². The molecule has 0 aliphatic carbocycles. The van der Waals surface area contributed by atoms with Crippen LogP contribution < -0.4 is 10.5 Å². The number of anilines is 1. The quantitative estimate of drug-likeness (QED) is 0.818. The summed E-state index contributed by atoms with van der Waals surface area (Å²) in [5, 5.41) is 0.647. The number of aryl methyl sites for hydroxylation is 2. The second kappa shape index (κ2) is 5.95. The molecule has 0 fully saturated rings. The van der Waals surface area contributed by atoms with Crippen LogP contribution in [0.25, 0.3) is 0 Å². The zero-order chi connectivity index (χ0) is 18.6. The first-order valence-corrected chi connectivity index (χ1v) is 8.77. The second-order valence-corrected chi connectivity index (χ2v) is 7.16. The zero-order valence-corrected chi connectivity index (χ0v) is 15.5. The number of rotatable bonds is 2. The van der Waals surface area contributed by atoms with Gasteiger partial charge in [-0.1, -0.05) is 23.7 Å². The molecule has 3 heterocycles. The van der Waals surface area contributed by atoms with Gasteiger partial charge in [-0.05, 0) is 37.6 Å². The molecular weight excluding hydrogens is 350 g/mol. The van der Waals surface area contributed by atoms with Gasteiger partial charge in [0, 0.05) is 40.7 Å². The van der Waals surface area contributed by atoms with E-state index in [2.05, 4.69) is 4.99 Å². The van der Waals surface area contributed by atoms with E-state index in [1.807, 2.05) is 31.2 Å². The fourth-order valence-corrected chi connectivity index (χ4v) is 3.86. The molecule has 4 rings (SSSR count). The van der Waals surface area contributed by atoms with Crippen molar-refractivity contribution < 1.29 is 4.79 Å². The number of hydrogen-bond acceptors (Lipinski definition) is 3. The van der Waals surface area contributed by atoms with Crippen LogP contribution in [-0.4, -0.2) is 22.7 Å². The summed E-state index contributed by atoms with van der Waals surface area (Å²) in [7, 11) is 1.70. The molecule has 5 nitrogen and oxygen atoms in total. The van der Waals surface area contributed by atoms with Crippen LogP contribution in [-0.2, 0) is 11.8 Å². The lowest BCUT2D eigenvalue weighted by Crippen LogP contribution is -2.33. The van der Waals surface area contributed by atoms with Crippen LogP contribution >= 0.6 is 11.6 Å². The van der Waals surface area contributed by atoms with E-state index in [9.17, 15) is 9.59 Å². The molecule has 1 aromatic carbocycles. The lowest BCUT2D eigenvalue weighted by atomic mass is 9.95. The molecule has 132 valence electrons. The second-order valence-electron chi connectivity index (χ2n) is 6.72. The molecule has 0 bridgehead atoms. The molecule has 2 aromatic rings. The van der Waals surface area contributed by atoms with Crippen molar-refractivity contribution >= 4 is 28.9 Å². The molecule has 0 spiro atoms. The average Bonchev–Trinajstić information content (AvgIpc) is 3.12. The van der Waals surface area contributed by atoms with E-state index in [4.69, 9.17) is 11.6 Å². The Hall–Kier alpha value is -2.66. The highest BCUT2D eigenvalue weighted by Gasteiger charge is 2.43. The molecule has 1 unspecified atom stereocenters. The van der Waals surface area contributed by atoms with Crippen molar-refractivity contribution in [1.82, 2.24) is 4.57 Å². The first kappa shape index (κ1) is 16.8. The molecule has 0 radical (unpaired) electrons. The summed E-state index contributed by atoms with van der Waals surface area (Å²) in [6, 6.07) is 9.03. The van der Waals surface area contributed by atoms with Crippen LogP contribution in [0.15, 0.2) is 57.5 Å². The summed E-state index contributed by atoms with van der Waals surface area (Å²) in [6.07, 6.45) is 1.71. The Morgan fingerprint density at radius 1 is 1.15 bits per heavy atom. The third kappa shape index (κ3) is 2.42. The Morgan fingerprint density at radius 3 is 2.50 bits per heavy atom. The number of pyridine rings is 1. The third-order valence-electron chi connectivity index (χ3n) is 5.01. The van der Waals surface area contributed by atoms with Crippen LogP contribution in [0.2, 0.25) is 5.02 Å². The highest BCUT2D eigenvalue weighted by molar-refractivity contribution is 6.30. The monoisotopic (exact) mass is 367 g/mol. The average molecular weight is 368 g/mol. The van der Waals surface area contributed by atoms with Crippen LogP contribution in [0, 0.1) is 6.92 Å². The van der Waals surface area contributed by atoms with Gasteiger partial charge >= 0.3 is 0 Å². The normalized spacial score (nSPS) is 19.2. The van der Waals surface area contributed by atoms with Gasteiger partial charge in [0.1, 0.15) is 0 Å². The van der Waals surface area contributed by atoms with E-state index >= 15 is 0 Å². The summed E-state index contributed by atoms with van der Waals surface area (Å²) in [4.78, 5) is 31.5. The number of aliphatic imine (C=N–C) groups is 1. The number of hydrogen-bond donors (Lipinski definition) is 0. The van der Waals surface area contributed by atoms with Gasteiger partial charge in [-0.25, -0.2) is 0 Å². The molecule has 0 saturated carbocycles. The van der Waals surface area contributed by atoms with E-state index < -0.39 is 0 Å². The van der Waals surface area contributed by atoms with Crippen molar-refractivity contribution in [3.8, 4) is 0 Å². The van der Waals surface area contributed by atoms with Crippen LogP contribution in [0.5, 0.6) is 0 Å². The maximum absolute atomic E-state index is 13.2. The number of aromatic nitrogens is 1. The van der Waals surface area contributed by atoms with Crippen molar-refractivity contribution in [2.24, 2.45) is 12.0 Å². The molecule has 0 saturated heterocycles. The SMILES string of the molecule is CC1=NCC2=C1C(c1ccc(Cl)cc1)N(c1cc(C)c(=O)n(C)c1)C2=O. The first-order chi connectivity index (χ1) is 12.4. The largest absolute Gasteiger partial charge is 0.316 e. The van der Waals surface area contributed by atoms with E-state index in [1.165, 1.54) is 4.57 Å². The van der Waals surface area contributed by atoms with Gasteiger partial charge in [0.05, 0.1) is 18.3 Å². The minimum Gasteiger partial charge on any atom is -0.316 e. The van der Waals surface area contributed by atoms with Crippen LogP contribution in [0.1, 0.15) is 24.1 Å². The number of halogens is 1. The smallest absolute Gasteiger partial charge is 0.257 e. The number of nitrogens with zero attached hydrogens (tertiary/aromatic N) is 3. The Morgan fingerprint density at radius 2 is 1.85 bits per heavy atom. The molecule has 2 aliphatic heterocycles. The number of amides is 1. The van der Waals surface area contributed by atoms with Crippen molar-refractivity contribution in [3.63, 3.8) is 0 Å². The summed E-state index contributed by atoms with van der Waals surface area (Å²) >= 11 is 6.05. The molecular formula is C20H18ClN3O2. The van der Waals surface area contributed by atoms with Crippen molar-refractivity contribution in [1.29, 1.82) is 0 Å². The lowest BCUT2D eigenvalue weighted by molar-refractivity contribution is -0.114. The highest BCUT2D eigenvalue weighted by Crippen LogP contribution is 2.43. The first-order valence-electron chi connectivity index (χ1n) is 8.39. The summed E-state index contributed by atoms with van der Waals surface area (Å²) in [5.41, 5.74) is 4.79. The third-order valence-corrected chi connectivity index (χ3v) is 5.26. The summed E-state index contributed by atoms with van der Waals surface area (Å²) in [5.74, 6) is -0.0569. The summed E-state index contributed by atoms with van der Waals surface area (Å²) < 4.78 is 1.52. The molecule has 2 aliphatic rings. The molecule has 6 heteroatoms. The van der Waals surface area contributed by atoms with E-state index in [0.29, 0.717) is 22.8 Å². The zero-order valence-electron chi connectivity index (χ0n) is 14.8. The van der Waals surface area contributed by atoms with Gasteiger partial charge in [-0.3, -0.25) is 19.5 Å². The number of carbonyl (C=O) groups is 1. The van der Waals surface area contributed by atoms with E-state index in [1.54, 1.807) is 31.1 Å². The van der Waals surface area contributed by atoms with Gasteiger partial charge in [0.25, 0.3) is 11.5 Å². The Kier molecular flexibility index (Phi) is 3.84. The van der Waals surface area contributed by atoms with Crippen LogP contribution in [0.3, 0.4) is 0 Å². The predicted molar refractivity (Wildman–Crippen MR) is 103 cm³/mol. The van der Waals surface area contributed by atoms with Crippen molar-refractivity contribution in [3.05, 3.63) is 74.2 Å². The van der Waals surface area contributed by atoms with Crippen molar-refractivity contribution in [2.75, 3.05) is 11.4 Å². The minimum atomic E-state index is -0.266. The molecule has 1 amide bonds. The highest BCUT2D eigenvalue weighted by atomic mass is 35.5. The van der Waals surface area contributed by atoms with Gasteiger partial charge in [-0.2, -0.15) is 0 Å². The Bertz CT molecular complexity index is 1020. The molecule has 26 heavy (non-hydrogen) atoms. The van der Waals surface area contributed by atoms with Crippen LogP contribution in [0.4, 0.5) is 5.69 Å². The fraction of sp³-hybridized carbons (Fsp3) is 0.250. The Labute approximate surface area is 156 Å². The standard InChI is InChI=1S/C20H18ClN3O2/c1-11-8-15(10-23(3)19(11)25)24-18(13-4-6-14(21)7-5-13)17-12(2)22-9-16(17)20(24)26/h4-8,10,18H,9H2,1-3H3. The number of benzene rings is 1. The molecule has 1 aromatic heterocycles. The van der Waals surface area contributed by atoms with Gasteiger partial charge in [0.2, 0.25) is 0 Å². The predicted octanol–water partition coefficient (Wildman–Crippen LogP) is 3.21. The maximum atomic E-state index is 13.2. The minimum absolute atomic E-state index is 0.0569. The maximum Gasteiger partial charge on any atom is 0.257 e. The molecule has 1 atom stereocenters. The van der Waals surface area contributed by atoms with Gasteiger partial charge < -0.3 is 4.57 Å². The lowest BCUT2D eigenvalue weighted by Gasteiger charge is -2.28. The Balaban J connectivity index is 1.91. The topological polar surface area (TPSA) is 54.7 Å². The van der Waals surface area contributed by atoms with E-state index in [0.717, 1.165) is 22.4 Å².